The summed E-state index contributed by atoms with van der Waals surface area (Å²) in [7, 11) is -3.72. The number of carboxylic acid groups (broad SMARTS) is 3. The summed E-state index contributed by atoms with van der Waals surface area (Å²) in [5.74, 6) is -5.79. The predicted octanol–water partition coefficient (Wildman–Crippen LogP) is -16.7. The molecule has 0 saturated heterocycles. The molecule has 8 nitrogen and oxygen atoms in total. The van der Waals surface area contributed by atoms with Crippen molar-refractivity contribution in [2.45, 2.75) is 24.4 Å². The summed E-state index contributed by atoms with van der Waals surface area (Å²) < 4.78 is 10.7. The van der Waals surface area contributed by atoms with Crippen molar-refractivity contribution in [2.24, 2.45) is 0 Å². The molecule has 2 unspecified atom stereocenters. The van der Waals surface area contributed by atoms with Gasteiger partial charge in [0.1, 0.15) is 0 Å². The molecule has 0 aromatic carbocycles. The molecule has 13 heteroatoms. The van der Waals surface area contributed by atoms with E-state index in [2.05, 4.69) is 0 Å². The molecule has 0 aliphatic heterocycles. The van der Waals surface area contributed by atoms with Crippen LogP contribution in [0.25, 0.3) is 0 Å². The number of rotatable bonds is 7. The minimum atomic E-state index is -3.72. The van der Waals surface area contributed by atoms with Gasteiger partial charge in [-0.15, -0.1) is 0 Å². The van der Waals surface area contributed by atoms with Crippen LogP contribution in [-0.4, -0.2) is 23.1 Å². The SMILES string of the molecule is O=C([O-])CCC(CC(=O)[O-])(C(=O)[O-])[P+](=O)[O-].[Na+].[Na+].[Na+].[Na+]. The fourth-order valence-corrected chi connectivity index (χ4v) is 1.74. The Hall–Kier alpha value is 2.47. The van der Waals surface area contributed by atoms with Crippen LogP contribution in [0, 0.1) is 0 Å². The molecule has 0 aromatic heterocycles. The standard InChI is InChI=1S/C7H9O8P.4Na/c8-4(9)1-2-7(6(12)13,16(14)15)3-5(10)11;;;;/h1-3H2,(H,8,9)(H,10,11)(H,12,13);;;;/q;4*+1/p-3. The third-order valence-corrected chi connectivity index (χ3v) is 3.17. The Kier molecular flexibility index (Phi) is 27.7. The van der Waals surface area contributed by atoms with E-state index in [9.17, 15) is 39.2 Å². The molecule has 0 amide bonds. The van der Waals surface area contributed by atoms with Gasteiger partial charge in [0.25, 0.3) is 0 Å². The first-order valence-electron chi connectivity index (χ1n) is 3.98. The molecule has 0 spiro atoms. The van der Waals surface area contributed by atoms with Gasteiger partial charge in [0.05, 0.1) is 5.97 Å². The normalized spacial score (nSPS) is 11.9. The van der Waals surface area contributed by atoms with Gasteiger partial charge in [0.15, 0.2) is 0 Å². The number of aliphatic carboxylic acids is 3. The first-order chi connectivity index (χ1) is 7.22. The smallest absolute Gasteiger partial charge is 0.595 e. The largest absolute Gasteiger partial charge is 1.00 e. The summed E-state index contributed by atoms with van der Waals surface area (Å²) >= 11 is 0. The number of hydrogen-bond acceptors (Lipinski definition) is 8. The fourth-order valence-electron chi connectivity index (χ4n) is 1.04. The molecule has 0 aromatic rings. The van der Waals surface area contributed by atoms with Crippen LogP contribution in [0.5, 0.6) is 0 Å². The van der Waals surface area contributed by atoms with E-state index in [1.165, 1.54) is 0 Å². The quantitative estimate of drug-likeness (QED) is 0.326. The molecule has 0 saturated carbocycles. The van der Waals surface area contributed by atoms with Crippen molar-refractivity contribution in [3.63, 3.8) is 0 Å². The molecule has 20 heavy (non-hydrogen) atoms. The van der Waals surface area contributed by atoms with E-state index in [-0.39, 0.29) is 118 Å². The van der Waals surface area contributed by atoms with E-state index in [1.54, 1.807) is 0 Å². The molecule has 0 fully saturated rings. The summed E-state index contributed by atoms with van der Waals surface area (Å²) in [5.41, 5.74) is 0. The minimum Gasteiger partial charge on any atom is -0.595 e. The van der Waals surface area contributed by atoms with Crippen LogP contribution < -0.4 is 138 Å². The maximum absolute atomic E-state index is 10.7. The number of carbonyl (C=O) groups is 3. The van der Waals surface area contributed by atoms with Crippen molar-refractivity contribution in [1.29, 1.82) is 0 Å². The van der Waals surface area contributed by atoms with Crippen molar-refractivity contribution in [2.75, 3.05) is 0 Å². The number of hydrogen-bond donors (Lipinski definition) is 0. The number of carboxylic acids is 3. The molecule has 0 aliphatic carbocycles. The zero-order valence-corrected chi connectivity index (χ0v) is 20.7. The molecule has 0 bridgehead atoms. The van der Waals surface area contributed by atoms with Gasteiger partial charge < -0.3 is 34.6 Å². The van der Waals surface area contributed by atoms with E-state index in [0.29, 0.717) is 0 Å². The molecule has 0 radical (unpaired) electrons. The van der Waals surface area contributed by atoms with E-state index in [4.69, 9.17) is 0 Å². The van der Waals surface area contributed by atoms with Crippen LogP contribution in [0.1, 0.15) is 19.3 Å². The first kappa shape index (κ1) is 33.9. The summed E-state index contributed by atoms with van der Waals surface area (Å²) in [4.78, 5) is 41.7. The van der Waals surface area contributed by atoms with E-state index >= 15 is 0 Å². The first-order valence-corrected chi connectivity index (χ1v) is 5.16. The van der Waals surface area contributed by atoms with Gasteiger partial charge in [-0.3, -0.25) is 0 Å². The summed E-state index contributed by atoms with van der Waals surface area (Å²) in [6.45, 7) is 0. The Morgan fingerprint density at radius 1 is 0.900 bits per heavy atom. The van der Waals surface area contributed by atoms with Crippen molar-refractivity contribution < 1.29 is 157 Å². The van der Waals surface area contributed by atoms with Gasteiger partial charge in [-0.1, -0.05) is 4.57 Å². The molecular weight excluding hydrogens is 335 g/mol. The zero-order chi connectivity index (χ0) is 12.9. The number of carbonyl (C=O) groups excluding carboxylic acids is 3. The minimum absolute atomic E-state index is 0. The van der Waals surface area contributed by atoms with Crippen LogP contribution in [0.15, 0.2) is 0 Å². The maximum Gasteiger partial charge on any atom is 1.00 e. The molecule has 0 aliphatic rings. The predicted molar refractivity (Wildman–Crippen MR) is 39.2 cm³/mol. The van der Waals surface area contributed by atoms with E-state index in [1.807, 2.05) is 0 Å². The van der Waals surface area contributed by atoms with Gasteiger partial charge >= 0.3 is 126 Å². The Balaban J connectivity index is -0.000000187. The third-order valence-electron chi connectivity index (χ3n) is 1.91. The fraction of sp³-hybridized carbons (Fsp3) is 0.571. The van der Waals surface area contributed by atoms with Crippen molar-refractivity contribution in [3.8, 4) is 0 Å². The van der Waals surface area contributed by atoms with Crippen molar-refractivity contribution in [1.82, 2.24) is 0 Å². The second kappa shape index (κ2) is 16.3. The molecule has 2 atom stereocenters. The second-order valence-electron chi connectivity index (χ2n) is 3.00. The Morgan fingerprint density at radius 2 is 1.30 bits per heavy atom. The van der Waals surface area contributed by atoms with Crippen LogP contribution in [0.2, 0.25) is 0 Å². The Labute approximate surface area is 204 Å². The van der Waals surface area contributed by atoms with Crippen LogP contribution in [0.4, 0.5) is 0 Å². The maximum atomic E-state index is 10.7. The van der Waals surface area contributed by atoms with Crippen molar-refractivity contribution >= 4 is 25.9 Å². The van der Waals surface area contributed by atoms with Crippen LogP contribution in [-0.2, 0) is 18.9 Å². The van der Waals surface area contributed by atoms with Gasteiger partial charge in [-0.25, -0.2) is 0 Å². The molecule has 0 heterocycles. The van der Waals surface area contributed by atoms with Crippen LogP contribution in [0.3, 0.4) is 0 Å². The Morgan fingerprint density at radius 3 is 1.50 bits per heavy atom. The van der Waals surface area contributed by atoms with Crippen LogP contribution >= 0.6 is 8.03 Å². The summed E-state index contributed by atoms with van der Waals surface area (Å²) in [5, 5.41) is 28.2. The van der Waals surface area contributed by atoms with Crippen molar-refractivity contribution in [3.05, 3.63) is 0 Å². The average Bonchev–Trinajstić information content (AvgIpc) is 2.10. The topological polar surface area (TPSA) is 161 Å². The van der Waals surface area contributed by atoms with E-state index in [0.717, 1.165) is 0 Å². The molecule has 90 valence electrons. The van der Waals surface area contributed by atoms with Gasteiger partial charge in [0.2, 0.25) is 5.16 Å². The zero-order valence-electron chi connectivity index (χ0n) is 11.8. The van der Waals surface area contributed by atoms with E-state index < -0.39 is 50.4 Å². The monoisotopic (exact) mass is 341 g/mol. The summed E-state index contributed by atoms with van der Waals surface area (Å²) in [6.07, 6.45) is -3.21. The molecular formula is C7H6Na4O8P+. The summed E-state index contributed by atoms with van der Waals surface area (Å²) in [6, 6.07) is 0. The average molecular weight is 341 g/mol. The molecule has 0 N–H and O–H groups in total. The second-order valence-corrected chi connectivity index (χ2v) is 4.37. The third kappa shape index (κ3) is 12.0. The van der Waals surface area contributed by atoms with Gasteiger partial charge in [-0.2, -0.15) is 0 Å². The van der Waals surface area contributed by atoms with Gasteiger partial charge in [-0.05, 0) is 6.42 Å². The molecule has 0 rings (SSSR count). The Bertz CT molecular complexity index is 336. The van der Waals surface area contributed by atoms with Gasteiger partial charge in [0, 0.05) is 24.8 Å².